The molecule has 0 atom stereocenters. The predicted molar refractivity (Wildman–Crippen MR) is 558 cm³/mol. The van der Waals surface area contributed by atoms with Crippen LogP contribution in [0.3, 0.4) is 0 Å². The Morgan fingerprint density at radius 1 is 0.189 bits per heavy atom. The molecular formula is C127H87N5. The molecule has 2 aliphatic rings. The Kier molecular flexibility index (Phi) is 17.4. The molecule has 0 aliphatic heterocycles. The first-order chi connectivity index (χ1) is 65.0. The van der Waals surface area contributed by atoms with Crippen LogP contribution in [0.5, 0.6) is 0 Å². The van der Waals surface area contributed by atoms with Crippen molar-refractivity contribution < 1.29 is 0 Å². The van der Waals surface area contributed by atoms with E-state index in [1.165, 1.54) is 197 Å². The van der Waals surface area contributed by atoms with Crippen molar-refractivity contribution in [2.45, 2.75) is 38.5 Å². The molecule has 0 N–H and O–H groups in total. The van der Waals surface area contributed by atoms with Gasteiger partial charge >= 0.3 is 0 Å². The molecule has 25 aromatic rings. The fourth-order valence-electron chi connectivity index (χ4n) is 22.5. The summed E-state index contributed by atoms with van der Waals surface area (Å²) >= 11 is 0. The molecule has 0 fully saturated rings. The average molecular weight is 1680 g/mol. The van der Waals surface area contributed by atoms with E-state index in [0.717, 1.165) is 56.5 Å². The largest absolute Gasteiger partial charge is 0.311 e. The molecule has 22 aromatic carbocycles. The van der Waals surface area contributed by atoms with Crippen LogP contribution in [0.1, 0.15) is 49.9 Å². The molecule has 2 aliphatic carbocycles. The van der Waals surface area contributed by atoms with Crippen LogP contribution in [0, 0.1) is 0 Å². The molecule has 0 radical (unpaired) electrons. The third kappa shape index (κ3) is 11.9. The van der Waals surface area contributed by atoms with E-state index in [-0.39, 0.29) is 10.8 Å². The fraction of sp³-hybridized carbons (Fsp3) is 0.0472. The van der Waals surface area contributed by atoms with Crippen LogP contribution >= 0.6 is 0 Å². The number of anilines is 3. The molecule has 5 heteroatoms. The number of imidazole rings is 1. The molecule has 0 saturated carbocycles. The number of aromatic nitrogens is 4. The van der Waals surface area contributed by atoms with Crippen molar-refractivity contribution in [3.05, 3.63) is 477 Å². The van der Waals surface area contributed by atoms with E-state index in [2.05, 4.69) is 501 Å². The van der Waals surface area contributed by atoms with Crippen molar-refractivity contribution in [1.29, 1.82) is 0 Å². The predicted octanol–water partition coefficient (Wildman–Crippen LogP) is 34.2. The molecule has 27 rings (SSSR count). The van der Waals surface area contributed by atoms with E-state index < -0.39 is 0 Å². The lowest BCUT2D eigenvalue weighted by Crippen LogP contribution is -2.14. The summed E-state index contributed by atoms with van der Waals surface area (Å²) in [5.74, 6) is 0.937. The van der Waals surface area contributed by atoms with Crippen molar-refractivity contribution >= 4 is 136 Å². The number of hydrogen-bond acceptors (Lipinski definition) is 2. The summed E-state index contributed by atoms with van der Waals surface area (Å²) in [7, 11) is 0. The van der Waals surface area contributed by atoms with Gasteiger partial charge in [0.2, 0.25) is 0 Å². The maximum absolute atomic E-state index is 5.10. The van der Waals surface area contributed by atoms with Gasteiger partial charge in [0, 0.05) is 82.8 Å². The molecule has 0 saturated heterocycles. The maximum Gasteiger partial charge on any atom is 0.145 e. The third-order valence-corrected chi connectivity index (χ3v) is 28.9. The van der Waals surface area contributed by atoms with Crippen molar-refractivity contribution in [3.8, 4) is 95.2 Å². The van der Waals surface area contributed by atoms with Crippen molar-refractivity contribution in [3.63, 3.8) is 0 Å². The lowest BCUT2D eigenvalue weighted by Gasteiger charge is -2.26. The number of benzene rings is 22. The van der Waals surface area contributed by atoms with E-state index in [9.17, 15) is 0 Å². The Balaban J connectivity index is 0.000000140. The van der Waals surface area contributed by atoms with E-state index in [4.69, 9.17) is 4.98 Å². The molecule has 0 bridgehead atoms. The lowest BCUT2D eigenvalue weighted by molar-refractivity contribution is 0.661. The van der Waals surface area contributed by atoms with Crippen molar-refractivity contribution in [2.75, 3.05) is 4.90 Å². The van der Waals surface area contributed by atoms with Crippen LogP contribution in [-0.2, 0) is 10.8 Å². The molecule has 0 unspecified atom stereocenters. The van der Waals surface area contributed by atoms with Crippen LogP contribution in [0.4, 0.5) is 17.1 Å². The number of fused-ring (bicyclic) bond motifs is 27. The molecule has 0 spiro atoms. The minimum absolute atomic E-state index is 0.118. The Morgan fingerprint density at radius 2 is 0.485 bits per heavy atom. The highest BCUT2D eigenvalue weighted by Gasteiger charge is 2.39. The van der Waals surface area contributed by atoms with Crippen molar-refractivity contribution in [2.24, 2.45) is 0 Å². The summed E-state index contributed by atoms with van der Waals surface area (Å²) in [6.07, 6.45) is 0. The van der Waals surface area contributed by atoms with Crippen LogP contribution in [-0.4, -0.2) is 18.7 Å². The van der Waals surface area contributed by atoms with Crippen LogP contribution < -0.4 is 4.90 Å². The quantitative estimate of drug-likeness (QED) is 0.121. The second-order valence-corrected chi connectivity index (χ2v) is 36.8. The molecule has 3 aromatic heterocycles. The van der Waals surface area contributed by atoms with Gasteiger partial charge in [-0.15, -0.1) is 0 Å². The molecule has 3 heterocycles. The minimum atomic E-state index is -0.130. The van der Waals surface area contributed by atoms with Gasteiger partial charge in [-0.3, -0.25) is 4.57 Å². The first-order valence-electron chi connectivity index (χ1n) is 46.0. The topological polar surface area (TPSA) is 30.9 Å². The van der Waals surface area contributed by atoms with Gasteiger partial charge in [-0.05, 0) is 264 Å². The Bertz CT molecular complexity index is 8840. The number of para-hydroxylation sites is 3. The monoisotopic (exact) mass is 1680 g/mol. The highest BCUT2D eigenvalue weighted by atomic mass is 15.1. The molecule has 5 nitrogen and oxygen atoms in total. The van der Waals surface area contributed by atoms with Crippen LogP contribution in [0.15, 0.2) is 455 Å². The third-order valence-electron chi connectivity index (χ3n) is 28.9. The summed E-state index contributed by atoms with van der Waals surface area (Å²) in [5, 5.41) is 20.7. The number of rotatable bonds is 11. The zero-order valence-corrected chi connectivity index (χ0v) is 73.5. The minimum Gasteiger partial charge on any atom is -0.311 e. The number of hydrogen-bond donors (Lipinski definition) is 0. The zero-order valence-electron chi connectivity index (χ0n) is 73.5. The van der Waals surface area contributed by atoms with Gasteiger partial charge in [0.15, 0.2) is 0 Å². The smallest absolute Gasteiger partial charge is 0.145 e. The van der Waals surface area contributed by atoms with Gasteiger partial charge in [-0.25, -0.2) is 4.98 Å². The highest BCUT2D eigenvalue weighted by Crippen LogP contribution is 2.56. The standard InChI is InChI=1S/C69H48N2.C58H39N3/c1-69(2)63-24-14-13-22-58(63)61-43-62-66(44-64(61)69)71(65-42-41-60-57-21-10-9-19-55(57)56-20-11-12-23-59(56)67(60)68(62)65)54-39-31-50(32-40-54)49-29-37-53(38-30-49)70(51-33-25-47(26-34-51)45-15-5-3-6-16-45)52-35-27-48(28-36-52)46-17-7-4-8-18-46;1-58(2)49-21-11-10-19-44(49)47-34-48-54(35-50(47)58)60(53-33-32-46-43-18-7-6-16-41(43)42-17-8-9-20-45(42)55(46)56(48)53)40-30-28-37(29-31-40)36-24-26-38(27-25-36)57-59-51-22-12-13-23-52(51)61(57)39-14-4-3-5-15-39/h3-44H,1-2H3;3-35H,1-2H3. The molecular weight excluding hydrogens is 1600 g/mol. The summed E-state index contributed by atoms with van der Waals surface area (Å²) in [5.41, 5.74) is 34.9. The fourth-order valence-corrected chi connectivity index (χ4v) is 22.5. The zero-order chi connectivity index (χ0) is 87.6. The molecule has 0 amide bonds. The maximum atomic E-state index is 5.10. The lowest BCUT2D eigenvalue weighted by atomic mass is 9.82. The second kappa shape index (κ2) is 29.9. The first kappa shape index (κ1) is 76.5. The van der Waals surface area contributed by atoms with Gasteiger partial charge in [0.1, 0.15) is 5.82 Å². The molecule has 620 valence electrons. The van der Waals surface area contributed by atoms with E-state index in [0.29, 0.717) is 0 Å². The van der Waals surface area contributed by atoms with Crippen LogP contribution in [0.2, 0.25) is 0 Å². The summed E-state index contributed by atoms with van der Waals surface area (Å²) in [4.78, 5) is 7.46. The van der Waals surface area contributed by atoms with Crippen LogP contribution in [0.25, 0.3) is 214 Å². The van der Waals surface area contributed by atoms with Gasteiger partial charge in [-0.1, -0.05) is 361 Å². The summed E-state index contributed by atoms with van der Waals surface area (Å²) in [6.45, 7) is 9.52. The molecule has 132 heavy (non-hydrogen) atoms. The number of nitrogens with zero attached hydrogens (tertiary/aromatic N) is 5. The summed E-state index contributed by atoms with van der Waals surface area (Å²) < 4.78 is 7.28. The Hall–Kier alpha value is -16.7. The average Bonchev–Trinajstić information content (AvgIpc) is 1.53. The summed E-state index contributed by atoms with van der Waals surface area (Å²) in [6, 6.07) is 167. The van der Waals surface area contributed by atoms with Gasteiger partial charge in [0.05, 0.1) is 33.1 Å². The SMILES string of the molecule is CC1(C)c2ccccc2-c2cc3c4c5c6ccccc6c6ccccc6c5ccc4n(-c4ccc(-c5ccc(-c6nc7ccccc7n6-c6ccccc6)cc5)cc4)c3cc21.CC1(C)c2ccccc2-c2cc3c4c5c6ccccc6c6ccccc6c5ccc4n(-c4ccc(-c5ccc(N(c6ccc(-c7ccccc7)cc6)c6ccc(-c7ccccc7)cc6)cc5)cc4)c3cc21. The first-order valence-corrected chi connectivity index (χ1v) is 46.0. The van der Waals surface area contributed by atoms with E-state index >= 15 is 0 Å². The van der Waals surface area contributed by atoms with Gasteiger partial charge in [0.25, 0.3) is 0 Å². The Labute approximate surface area is 765 Å². The highest BCUT2D eigenvalue weighted by molar-refractivity contribution is 6.37. The van der Waals surface area contributed by atoms with E-state index in [1.807, 2.05) is 0 Å². The van der Waals surface area contributed by atoms with Gasteiger partial charge in [-0.2, -0.15) is 0 Å². The normalized spacial score (nSPS) is 13.0. The van der Waals surface area contributed by atoms with Gasteiger partial charge < -0.3 is 14.0 Å². The second-order valence-electron chi connectivity index (χ2n) is 36.8. The van der Waals surface area contributed by atoms with E-state index in [1.54, 1.807) is 0 Å². The Morgan fingerprint density at radius 3 is 0.886 bits per heavy atom. The van der Waals surface area contributed by atoms with Crippen molar-refractivity contribution in [1.82, 2.24) is 18.7 Å².